The van der Waals surface area contributed by atoms with E-state index in [9.17, 15) is 5.21 Å². The Morgan fingerprint density at radius 1 is 1.45 bits per heavy atom. The van der Waals surface area contributed by atoms with Gasteiger partial charge in [0, 0.05) is 23.7 Å². The molecule has 22 heavy (non-hydrogen) atoms. The molecule has 0 aliphatic carbocycles. The van der Waals surface area contributed by atoms with Gasteiger partial charge in [0.05, 0.1) is 24.1 Å². The van der Waals surface area contributed by atoms with E-state index in [2.05, 4.69) is 10.2 Å². The number of benzene rings is 1. The number of hydrogen-bond acceptors (Lipinski definition) is 4. The first kappa shape index (κ1) is 16.7. The molecule has 122 valence electrons. The molecule has 0 bridgehead atoms. The van der Waals surface area contributed by atoms with Crippen molar-refractivity contribution >= 4 is 17.3 Å². The normalized spacial score (nSPS) is 19.4. The van der Waals surface area contributed by atoms with E-state index in [1.807, 2.05) is 45.0 Å². The molecule has 0 amide bonds. The Bertz CT molecular complexity index is 545. The maximum absolute atomic E-state index is 11.9. The summed E-state index contributed by atoms with van der Waals surface area (Å²) in [6.07, 6.45) is 0.729. The molecule has 1 aliphatic rings. The molecule has 1 aromatic rings. The van der Waals surface area contributed by atoms with E-state index in [-0.39, 0.29) is 11.6 Å². The van der Waals surface area contributed by atoms with Gasteiger partial charge in [0.2, 0.25) is 5.28 Å². The lowest BCUT2D eigenvalue weighted by molar-refractivity contribution is -0.720. The first-order valence-electron chi connectivity index (χ1n) is 7.35. The van der Waals surface area contributed by atoms with Gasteiger partial charge in [-0.15, -0.1) is 5.01 Å². The van der Waals surface area contributed by atoms with Gasteiger partial charge >= 0.3 is 0 Å². The second-order valence-corrected chi connectivity index (χ2v) is 6.91. The SMILES string of the molecule is CN(/[N+]([O-])=N\O[C@@H]1CCN(c2cccc(Cl)c2)C1)C(C)(C)C. The zero-order valence-electron chi connectivity index (χ0n) is 13.5. The molecule has 1 aromatic carbocycles. The quantitative estimate of drug-likeness (QED) is 0.483. The van der Waals surface area contributed by atoms with Crippen LogP contribution in [0.15, 0.2) is 29.5 Å². The number of hydrogen-bond donors (Lipinski definition) is 0. The number of hydrazine groups is 1. The van der Waals surface area contributed by atoms with Crippen LogP contribution in [0.1, 0.15) is 27.2 Å². The van der Waals surface area contributed by atoms with E-state index in [0.29, 0.717) is 16.5 Å². The van der Waals surface area contributed by atoms with Crippen LogP contribution < -0.4 is 4.90 Å². The molecule has 2 rings (SSSR count). The molecule has 0 N–H and O–H groups in total. The van der Waals surface area contributed by atoms with Crippen molar-refractivity contribution in [3.63, 3.8) is 0 Å². The summed E-state index contributed by atoms with van der Waals surface area (Å²) < 4.78 is 0. The van der Waals surface area contributed by atoms with Crippen molar-refractivity contribution in [2.45, 2.75) is 38.8 Å². The highest BCUT2D eigenvalue weighted by Gasteiger charge is 2.27. The largest absolute Gasteiger partial charge is 0.569 e. The standard InChI is InChI=1S/C15H23ClN4O2/c1-15(2,3)18(4)20(21)17-22-14-8-9-19(11-14)13-7-5-6-12(16)10-13/h5-7,10,14H,8-9,11H2,1-4H3/b20-17+/t14-/m1/s1. The molecule has 0 unspecified atom stereocenters. The van der Waals surface area contributed by atoms with Crippen LogP contribution in [-0.2, 0) is 4.84 Å². The fourth-order valence-electron chi connectivity index (χ4n) is 2.14. The fourth-order valence-corrected chi connectivity index (χ4v) is 2.32. The predicted octanol–water partition coefficient (Wildman–Crippen LogP) is 3.46. The van der Waals surface area contributed by atoms with Crippen molar-refractivity contribution in [3.05, 3.63) is 34.5 Å². The van der Waals surface area contributed by atoms with Crippen LogP contribution >= 0.6 is 11.6 Å². The maximum Gasteiger partial charge on any atom is 0.233 e. The molecule has 0 saturated carbocycles. The smallest absolute Gasteiger partial charge is 0.233 e. The molecule has 1 fully saturated rings. The number of halogens is 1. The summed E-state index contributed by atoms with van der Waals surface area (Å²) in [7, 11) is 1.69. The minimum absolute atomic E-state index is 0.0937. The summed E-state index contributed by atoms with van der Waals surface area (Å²) >= 11 is 6.01. The molecular weight excluding hydrogens is 304 g/mol. The fraction of sp³-hybridized carbons (Fsp3) is 0.600. The zero-order valence-corrected chi connectivity index (χ0v) is 14.2. The van der Waals surface area contributed by atoms with Crippen molar-refractivity contribution < 1.29 is 9.81 Å². The van der Waals surface area contributed by atoms with Crippen LogP contribution in [0, 0.1) is 5.21 Å². The summed E-state index contributed by atoms with van der Waals surface area (Å²) in [5.41, 5.74) is 0.751. The van der Waals surface area contributed by atoms with Crippen LogP contribution in [0.4, 0.5) is 5.69 Å². The topological polar surface area (TPSA) is 54.1 Å². The number of rotatable bonds is 4. The van der Waals surface area contributed by atoms with Crippen molar-refractivity contribution in [2.75, 3.05) is 25.0 Å². The van der Waals surface area contributed by atoms with Gasteiger partial charge < -0.3 is 14.9 Å². The molecule has 7 heteroatoms. The molecule has 1 atom stereocenters. The average molecular weight is 327 g/mol. The second-order valence-electron chi connectivity index (χ2n) is 6.47. The highest BCUT2D eigenvalue weighted by molar-refractivity contribution is 6.30. The highest BCUT2D eigenvalue weighted by atomic mass is 35.5. The zero-order chi connectivity index (χ0) is 16.3. The van der Waals surface area contributed by atoms with Crippen LogP contribution in [0.5, 0.6) is 0 Å². The lowest BCUT2D eigenvalue weighted by atomic mass is 10.1. The Balaban J connectivity index is 1.91. The molecule has 0 aromatic heterocycles. The molecule has 1 aliphatic heterocycles. The predicted molar refractivity (Wildman–Crippen MR) is 86.7 cm³/mol. The summed E-state index contributed by atoms with van der Waals surface area (Å²) in [4.78, 5) is 8.06. The minimum atomic E-state index is -0.308. The van der Waals surface area contributed by atoms with E-state index in [0.717, 1.165) is 18.7 Å². The lowest BCUT2D eigenvalue weighted by Crippen LogP contribution is -2.42. The molecule has 1 saturated heterocycles. The van der Waals surface area contributed by atoms with Gasteiger partial charge in [-0.2, -0.15) is 0 Å². The summed E-state index contributed by atoms with van der Waals surface area (Å²) in [6.45, 7) is 7.35. The minimum Gasteiger partial charge on any atom is -0.569 e. The maximum atomic E-state index is 11.9. The molecule has 0 spiro atoms. The molecule has 1 heterocycles. The van der Waals surface area contributed by atoms with E-state index in [1.54, 1.807) is 7.05 Å². The second kappa shape index (κ2) is 6.60. The number of nitrogens with zero attached hydrogens (tertiary/aromatic N) is 4. The Kier molecular flexibility index (Phi) is 5.01. The van der Waals surface area contributed by atoms with Crippen LogP contribution in [0.25, 0.3) is 0 Å². The highest BCUT2D eigenvalue weighted by Crippen LogP contribution is 2.24. The van der Waals surface area contributed by atoms with Gasteiger partial charge in [0.25, 0.3) is 0 Å². The third-order valence-electron chi connectivity index (χ3n) is 3.81. The van der Waals surface area contributed by atoms with E-state index in [1.165, 1.54) is 5.01 Å². The van der Waals surface area contributed by atoms with Gasteiger partial charge in [0.15, 0.2) is 6.10 Å². The van der Waals surface area contributed by atoms with Crippen LogP contribution in [0.3, 0.4) is 0 Å². The molecule has 0 radical (unpaired) electrons. The first-order chi connectivity index (χ1) is 10.3. The Morgan fingerprint density at radius 2 is 2.18 bits per heavy atom. The third-order valence-corrected chi connectivity index (χ3v) is 4.05. The molecule has 6 nitrogen and oxygen atoms in total. The van der Waals surface area contributed by atoms with Crippen molar-refractivity contribution in [1.82, 2.24) is 5.01 Å². The van der Waals surface area contributed by atoms with E-state index in [4.69, 9.17) is 16.4 Å². The van der Waals surface area contributed by atoms with Gasteiger partial charge in [-0.05, 0) is 39.0 Å². The first-order valence-corrected chi connectivity index (χ1v) is 7.73. The summed E-state index contributed by atoms with van der Waals surface area (Å²) in [5, 5.41) is 17.7. The molecular formula is C15H23ClN4O2. The van der Waals surface area contributed by atoms with Gasteiger partial charge in [-0.3, -0.25) is 0 Å². The van der Waals surface area contributed by atoms with Gasteiger partial charge in [-0.1, -0.05) is 17.7 Å². The average Bonchev–Trinajstić information content (AvgIpc) is 2.92. The summed E-state index contributed by atoms with van der Waals surface area (Å²) in [6, 6.07) is 7.71. The monoisotopic (exact) mass is 326 g/mol. The van der Waals surface area contributed by atoms with Gasteiger partial charge in [-0.25, -0.2) is 0 Å². The lowest BCUT2D eigenvalue weighted by Gasteiger charge is -2.26. The van der Waals surface area contributed by atoms with E-state index >= 15 is 0 Å². The van der Waals surface area contributed by atoms with Crippen molar-refractivity contribution in [3.8, 4) is 0 Å². The van der Waals surface area contributed by atoms with Crippen molar-refractivity contribution in [2.24, 2.45) is 5.28 Å². The van der Waals surface area contributed by atoms with Gasteiger partial charge in [0.1, 0.15) is 0 Å². The Hall–Kier alpha value is -1.69. The Morgan fingerprint density at radius 3 is 2.82 bits per heavy atom. The number of anilines is 1. The van der Waals surface area contributed by atoms with E-state index < -0.39 is 0 Å². The Labute approximate surface area is 136 Å². The van der Waals surface area contributed by atoms with Crippen LogP contribution in [0.2, 0.25) is 5.02 Å². The van der Waals surface area contributed by atoms with Crippen LogP contribution in [-0.4, -0.2) is 41.8 Å². The third kappa shape index (κ3) is 4.16. The van der Waals surface area contributed by atoms with Crippen molar-refractivity contribution in [1.29, 1.82) is 0 Å². The summed E-state index contributed by atoms with van der Waals surface area (Å²) in [5.74, 6) is 0.